The molecule has 1 aromatic rings. The van der Waals surface area contributed by atoms with Crippen LogP contribution in [0.2, 0.25) is 0 Å². The van der Waals surface area contributed by atoms with Crippen molar-refractivity contribution in [3.63, 3.8) is 0 Å². The van der Waals surface area contributed by atoms with Gasteiger partial charge in [-0.1, -0.05) is 6.07 Å². The monoisotopic (exact) mass is 183 g/mol. The molecule has 12 heavy (non-hydrogen) atoms. The molecule has 1 unspecified atom stereocenters. The topological polar surface area (TPSA) is 54.4 Å². The first-order chi connectivity index (χ1) is 5.61. The van der Waals surface area contributed by atoms with E-state index < -0.39 is 11.4 Å². The largest absolute Gasteiger partial charge is 0.480 e. The molecule has 0 aliphatic heterocycles. The molecule has 3 nitrogen and oxygen atoms in total. The summed E-state index contributed by atoms with van der Waals surface area (Å²) in [5, 5.41) is 10.5. The van der Waals surface area contributed by atoms with E-state index in [-0.39, 0.29) is 0 Å². The van der Waals surface area contributed by atoms with Crippen LogP contribution < -0.4 is 0 Å². The lowest BCUT2D eigenvalue weighted by molar-refractivity contribution is -0.140. The summed E-state index contributed by atoms with van der Waals surface area (Å²) < 4.78 is 0. The van der Waals surface area contributed by atoms with Gasteiger partial charge in [0.2, 0.25) is 6.29 Å². The first kappa shape index (κ1) is 8.93. The van der Waals surface area contributed by atoms with Gasteiger partial charge in [0.05, 0.1) is 0 Å². The molecule has 0 aliphatic rings. The Morgan fingerprint density at radius 1 is 1.75 bits per heavy atom. The van der Waals surface area contributed by atoms with Crippen molar-refractivity contribution in [2.75, 3.05) is 0 Å². The highest BCUT2D eigenvalue weighted by molar-refractivity contribution is 7.10. The van der Waals surface area contributed by atoms with Crippen LogP contribution in [0.5, 0.6) is 0 Å². The van der Waals surface area contributed by atoms with E-state index in [0.29, 0.717) is 4.88 Å². The molecule has 1 rings (SSSR count). The number of carboxylic acids is 1. The second-order valence-corrected chi connectivity index (χ2v) is 3.46. The molecule has 0 saturated carbocycles. The Balaban J connectivity index is 3.12. The van der Waals surface area contributed by atoms with E-state index in [1.807, 2.05) is 0 Å². The van der Waals surface area contributed by atoms with Gasteiger partial charge >= 0.3 is 5.97 Å². The van der Waals surface area contributed by atoms with Crippen LogP contribution in [0.25, 0.3) is 0 Å². The average molecular weight is 183 g/mol. The van der Waals surface area contributed by atoms with E-state index in [9.17, 15) is 9.59 Å². The number of carbonyl (C=O) groups excluding carboxylic acids is 1. The summed E-state index contributed by atoms with van der Waals surface area (Å²) in [5.74, 6) is -1.17. The molecule has 1 heterocycles. The lowest BCUT2D eigenvalue weighted by Gasteiger charge is -2.13. The molecule has 63 valence electrons. The van der Waals surface area contributed by atoms with Crippen LogP contribution in [0.1, 0.15) is 11.8 Å². The summed E-state index contributed by atoms with van der Waals surface area (Å²) in [5.41, 5.74) is -1.51. The fourth-order valence-electron chi connectivity index (χ4n) is 0.762. The molecule has 4 heteroatoms. The Kier molecular flexibility index (Phi) is 2.28. The van der Waals surface area contributed by atoms with Gasteiger partial charge in [-0.05, 0) is 18.4 Å². The van der Waals surface area contributed by atoms with Crippen molar-refractivity contribution < 1.29 is 14.7 Å². The van der Waals surface area contributed by atoms with Crippen molar-refractivity contribution in [1.82, 2.24) is 0 Å². The molecule has 0 saturated heterocycles. The second-order valence-electron chi connectivity index (χ2n) is 2.51. The van der Waals surface area contributed by atoms with E-state index in [0.717, 1.165) is 0 Å². The quantitative estimate of drug-likeness (QED) is 0.716. The van der Waals surface area contributed by atoms with Crippen LogP contribution in [0.15, 0.2) is 17.5 Å². The standard InChI is InChI=1S/C8H7O3S/c1-8(5-9,7(10)11)6-3-2-4-12-6/h2-4H,1H3,(H,10,11). The third kappa shape index (κ3) is 1.25. The molecule has 1 aromatic heterocycles. The van der Waals surface area contributed by atoms with Crippen LogP contribution in [0.3, 0.4) is 0 Å². The zero-order valence-electron chi connectivity index (χ0n) is 6.40. The predicted octanol–water partition coefficient (Wildman–Crippen LogP) is 1.20. The molecule has 1 N–H and O–H groups in total. The van der Waals surface area contributed by atoms with E-state index >= 15 is 0 Å². The molecular formula is C8H7O3S. The summed E-state index contributed by atoms with van der Waals surface area (Å²) in [6.45, 7) is 1.34. The van der Waals surface area contributed by atoms with E-state index in [1.54, 1.807) is 23.8 Å². The van der Waals surface area contributed by atoms with Crippen LogP contribution in [0, 0.1) is 0 Å². The molecule has 0 amide bonds. The van der Waals surface area contributed by atoms with E-state index in [1.165, 1.54) is 18.3 Å². The molecule has 0 aliphatic carbocycles. The number of hydrogen-bond acceptors (Lipinski definition) is 3. The summed E-state index contributed by atoms with van der Waals surface area (Å²) in [4.78, 5) is 21.7. The minimum atomic E-state index is -1.51. The Morgan fingerprint density at radius 2 is 2.42 bits per heavy atom. The number of carboxylic acid groups (broad SMARTS) is 1. The number of hydrogen-bond donors (Lipinski definition) is 1. The van der Waals surface area contributed by atoms with Gasteiger partial charge in [-0.25, -0.2) is 0 Å². The number of carbonyl (C=O) groups is 1. The molecule has 0 spiro atoms. The lowest BCUT2D eigenvalue weighted by atomic mass is 9.91. The first-order valence-corrected chi connectivity index (χ1v) is 4.16. The number of thiophene rings is 1. The Bertz CT molecular complexity index is 291. The average Bonchev–Trinajstić information content (AvgIpc) is 2.54. The summed E-state index contributed by atoms with van der Waals surface area (Å²) in [7, 11) is 0. The van der Waals surface area contributed by atoms with Gasteiger partial charge in [-0.15, -0.1) is 11.3 Å². The van der Waals surface area contributed by atoms with Gasteiger partial charge in [-0.2, -0.15) is 0 Å². The smallest absolute Gasteiger partial charge is 0.322 e. The highest BCUT2D eigenvalue weighted by Crippen LogP contribution is 2.25. The van der Waals surface area contributed by atoms with Crippen molar-refractivity contribution in [2.24, 2.45) is 0 Å². The Hall–Kier alpha value is -1.16. The SMILES string of the molecule is CC([C]=O)(C(=O)O)c1cccs1. The molecule has 0 aromatic carbocycles. The third-order valence-corrected chi connectivity index (χ3v) is 2.74. The fraction of sp³-hybridized carbons (Fsp3) is 0.250. The second kappa shape index (κ2) is 3.06. The maximum atomic E-state index is 10.7. The maximum Gasteiger partial charge on any atom is 0.322 e. The van der Waals surface area contributed by atoms with Gasteiger partial charge < -0.3 is 5.11 Å². The lowest BCUT2D eigenvalue weighted by Crippen LogP contribution is -2.32. The van der Waals surface area contributed by atoms with Crippen LogP contribution in [-0.2, 0) is 15.0 Å². The first-order valence-electron chi connectivity index (χ1n) is 3.28. The maximum absolute atomic E-state index is 10.7. The highest BCUT2D eigenvalue weighted by Gasteiger charge is 2.37. The summed E-state index contributed by atoms with van der Waals surface area (Å²) in [6.07, 6.45) is 1.54. The van der Waals surface area contributed by atoms with Crippen LogP contribution in [0.4, 0.5) is 0 Å². The number of aliphatic carboxylic acids is 1. The highest BCUT2D eigenvalue weighted by atomic mass is 32.1. The van der Waals surface area contributed by atoms with Crippen molar-refractivity contribution in [3.05, 3.63) is 22.4 Å². The van der Waals surface area contributed by atoms with Crippen molar-refractivity contribution in [3.8, 4) is 0 Å². The summed E-state index contributed by atoms with van der Waals surface area (Å²) in [6, 6.07) is 3.32. The van der Waals surface area contributed by atoms with Gasteiger partial charge in [0.15, 0.2) is 5.41 Å². The molecule has 1 radical (unpaired) electrons. The van der Waals surface area contributed by atoms with Gasteiger partial charge in [0.25, 0.3) is 0 Å². The van der Waals surface area contributed by atoms with Crippen LogP contribution >= 0.6 is 11.3 Å². The van der Waals surface area contributed by atoms with E-state index in [2.05, 4.69) is 0 Å². The zero-order chi connectivity index (χ0) is 9.19. The molecule has 0 bridgehead atoms. The summed E-state index contributed by atoms with van der Waals surface area (Å²) >= 11 is 1.24. The van der Waals surface area contributed by atoms with Crippen molar-refractivity contribution >= 4 is 23.6 Å². The van der Waals surface area contributed by atoms with Crippen molar-refractivity contribution in [1.29, 1.82) is 0 Å². The zero-order valence-corrected chi connectivity index (χ0v) is 7.22. The minimum Gasteiger partial charge on any atom is -0.480 e. The van der Waals surface area contributed by atoms with Gasteiger partial charge in [0, 0.05) is 4.88 Å². The molecular weight excluding hydrogens is 176 g/mol. The predicted molar refractivity (Wildman–Crippen MR) is 45.0 cm³/mol. The van der Waals surface area contributed by atoms with Crippen molar-refractivity contribution in [2.45, 2.75) is 12.3 Å². The normalized spacial score (nSPS) is 15.1. The fourth-order valence-corrected chi connectivity index (χ4v) is 1.59. The Morgan fingerprint density at radius 3 is 2.75 bits per heavy atom. The molecule has 0 fully saturated rings. The molecule has 1 atom stereocenters. The Labute approximate surface area is 73.6 Å². The van der Waals surface area contributed by atoms with Gasteiger partial charge in [0.1, 0.15) is 0 Å². The van der Waals surface area contributed by atoms with Gasteiger partial charge in [-0.3, -0.25) is 9.59 Å². The van der Waals surface area contributed by atoms with E-state index in [4.69, 9.17) is 5.11 Å². The number of rotatable bonds is 3. The minimum absolute atomic E-state index is 0.505. The third-order valence-electron chi connectivity index (χ3n) is 1.65. The van der Waals surface area contributed by atoms with Crippen LogP contribution in [-0.4, -0.2) is 17.4 Å².